The molecule has 1 amide bonds. The molecule has 1 aromatic carbocycles. The Morgan fingerprint density at radius 2 is 1.90 bits per heavy atom. The Morgan fingerprint density at radius 3 is 2.62 bits per heavy atom. The molecule has 1 fully saturated rings. The normalized spacial score (nSPS) is 16.9. The summed E-state index contributed by atoms with van der Waals surface area (Å²) in [6, 6.07) is 4.43. The van der Waals surface area contributed by atoms with Crippen molar-refractivity contribution in [3.05, 3.63) is 29.1 Å². The van der Waals surface area contributed by atoms with Gasteiger partial charge < -0.3 is 10.3 Å². The largest absolute Gasteiger partial charge is 0.347 e. The van der Waals surface area contributed by atoms with Crippen molar-refractivity contribution in [2.45, 2.75) is 58.4 Å². The Hall–Kier alpha value is -1.84. The Balaban J connectivity index is 1.79. The molecule has 0 spiro atoms. The van der Waals surface area contributed by atoms with Gasteiger partial charge in [-0.05, 0) is 43.9 Å². The predicted molar refractivity (Wildman–Crippen MR) is 84.5 cm³/mol. The standard InChI is InChI=1S/C17H23N3O/c1-11-9-12(2)15-14(10-11)19-16(20-15)17(21)18-13-7-5-3-4-6-8-13/h9-10,13H,3-8H2,1-2H3,(H,18,21)(H,19,20). The number of aromatic nitrogens is 2. The minimum Gasteiger partial charge on any atom is -0.347 e. The maximum Gasteiger partial charge on any atom is 0.287 e. The number of hydrogen-bond donors (Lipinski definition) is 2. The molecule has 1 heterocycles. The highest BCUT2D eigenvalue weighted by atomic mass is 16.2. The number of aryl methyl sites for hydroxylation is 2. The lowest BCUT2D eigenvalue weighted by Gasteiger charge is -2.14. The van der Waals surface area contributed by atoms with Gasteiger partial charge in [-0.3, -0.25) is 4.79 Å². The Kier molecular flexibility index (Phi) is 3.95. The SMILES string of the molecule is Cc1cc(C)c2nc(C(=O)NC3CCCCCC3)[nH]c2c1. The van der Waals surface area contributed by atoms with Gasteiger partial charge in [0.1, 0.15) is 0 Å². The number of aromatic amines is 1. The van der Waals surface area contributed by atoms with Crippen molar-refractivity contribution >= 4 is 16.9 Å². The molecular weight excluding hydrogens is 262 g/mol. The first-order chi connectivity index (χ1) is 10.1. The maximum absolute atomic E-state index is 12.4. The van der Waals surface area contributed by atoms with Gasteiger partial charge in [0, 0.05) is 6.04 Å². The number of nitrogens with one attached hydrogen (secondary N) is 2. The van der Waals surface area contributed by atoms with Crippen molar-refractivity contribution < 1.29 is 4.79 Å². The Labute approximate surface area is 125 Å². The molecule has 0 saturated heterocycles. The van der Waals surface area contributed by atoms with E-state index in [0.29, 0.717) is 11.9 Å². The number of carbonyl (C=O) groups is 1. The molecule has 0 radical (unpaired) electrons. The van der Waals surface area contributed by atoms with Gasteiger partial charge in [-0.15, -0.1) is 0 Å². The summed E-state index contributed by atoms with van der Waals surface area (Å²) in [6.45, 7) is 4.09. The van der Waals surface area contributed by atoms with Gasteiger partial charge >= 0.3 is 0 Å². The number of rotatable bonds is 2. The van der Waals surface area contributed by atoms with E-state index in [2.05, 4.69) is 28.3 Å². The molecule has 0 aliphatic heterocycles. The fourth-order valence-corrected chi connectivity index (χ4v) is 3.26. The zero-order chi connectivity index (χ0) is 14.8. The Morgan fingerprint density at radius 1 is 1.19 bits per heavy atom. The van der Waals surface area contributed by atoms with Crippen LogP contribution in [0.2, 0.25) is 0 Å². The van der Waals surface area contributed by atoms with Crippen molar-refractivity contribution in [2.75, 3.05) is 0 Å². The maximum atomic E-state index is 12.4. The third-order valence-electron chi connectivity index (χ3n) is 4.33. The molecule has 4 nitrogen and oxygen atoms in total. The smallest absolute Gasteiger partial charge is 0.287 e. The van der Waals surface area contributed by atoms with Crippen molar-refractivity contribution in [3.63, 3.8) is 0 Å². The summed E-state index contributed by atoms with van der Waals surface area (Å²) < 4.78 is 0. The summed E-state index contributed by atoms with van der Waals surface area (Å²) in [6.07, 6.45) is 7.17. The summed E-state index contributed by atoms with van der Waals surface area (Å²) in [5.74, 6) is 0.359. The lowest BCUT2D eigenvalue weighted by atomic mass is 10.1. The van der Waals surface area contributed by atoms with Gasteiger partial charge in [0.05, 0.1) is 11.0 Å². The topological polar surface area (TPSA) is 57.8 Å². The van der Waals surface area contributed by atoms with Gasteiger partial charge in [0.25, 0.3) is 5.91 Å². The van der Waals surface area contributed by atoms with Gasteiger partial charge in [-0.2, -0.15) is 0 Å². The number of fused-ring (bicyclic) bond motifs is 1. The molecule has 4 heteroatoms. The molecule has 3 rings (SSSR count). The molecule has 0 bridgehead atoms. The number of imidazole rings is 1. The van der Waals surface area contributed by atoms with Crippen molar-refractivity contribution in [3.8, 4) is 0 Å². The summed E-state index contributed by atoms with van der Waals surface area (Å²) in [7, 11) is 0. The number of carbonyl (C=O) groups excluding carboxylic acids is 1. The van der Waals surface area contributed by atoms with E-state index in [9.17, 15) is 4.79 Å². The van der Waals surface area contributed by atoms with Crippen LogP contribution in [0, 0.1) is 13.8 Å². The molecular formula is C17H23N3O. The van der Waals surface area contributed by atoms with E-state index in [0.717, 1.165) is 29.4 Å². The average molecular weight is 285 g/mol. The van der Waals surface area contributed by atoms with E-state index >= 15 is 0 Å². The molecule has 1 saturated carbocycles. The van der Waals surface area contributed by atoms with Crippen LogP contribution in [0.25, 0.3) is 11.0 Å². The number of H-pyrrole nitrogens is 1. The molecule has 1 aromatic heterocycles. The van der Waals surface area contributed by atoms with Crippen molar-refractivity contribution in [1.29, 1.82) is 0 Å². The van der Waals surface area contributed by atoms with Crippen LogP contribution in [0.5, 0.6) is 0 Å². The van der Waals surface area contributed by atoms with Crippen molar-refractivity contribution in [2.24, 2.45) is 0 Å². The lowest BCUT2D eigenvalue weighted by molar-refractivity contribution is 0.0924. The quantitative estimate of drug-likeness (QED) is 0.828. The van der Waals surface area contributed by atoms with Gasteiger partial charge in [-0.1, -0.05) is 31.7 Å². The van der Waals surface area contributed by atoms with Crippen LogP contribution in [0.1, 0.15) is 60.3 Å². The van der Waals surface area contributed by atoms with E-state index in [1.807, 2.05) is 13.0 Å². The van der Waals surface area contributed by atoms with Crippen LogP contribution in [-0.4, -0.2) is 21.9 Å². The summed E-state index contributed by atoms with van der Waals surface area (Å²) in [5.41, 5.74) is 4.12. The molecule has 112 valence electrons. The number of benzene rings is 1. The van der Waals surface area contributed by atoms with E-state index in [1.165, 1.54) is 31.2 Å². The van der Waals surface area contributed by atoms with Crippen LogP contribution in [0.3, 0.4) is 0 Å². The zero-order valence-electron chi connectivity index (χ0n) is 12.8. The van der Waals surface area contributed by atoms with Gasteiger partial charge in [0.15, 0.2) is 5.82 Å². The molecule has 2 N–H and O–H groups in total. The summed E-state index contributed by atoms with van der Waals surface area (Å²) >= 11 is 0. The van der Waals surface area contributed by atoms with Crippen LogP contribution >= 0.6 is 0 Å². The third kappa shape index (κ3) is 3.09. The summed E-state index contributed by atoms with van der Waals surface area (Å²) in [4.78, 5) is 20.0. The average Bonchev–Trinajstić information content (AvgIpc) is 2.70. The highest BCUT2D eigenvalue weighted by Gasteiger charge is 2.18. The van der Waals surface area contributed by atoms with Crippen LogP contribution in [0.15, 0.2) is 12.1 Å². The second-order valence-electron chi connectivity index (χ2n) is 6.23. The number of amides is 1. The van der Waals surface area contributed by atoms with E-state index in [-0.39, 0.29) is 5.91 Å². The first-order valence-electron chi connectivity index (χ1n) is 7.91. The highest BCUT2D eigenvalue weighted by Crippen LogP contribution is 2.20. The van der Waals surface area contributed by atoms with Crippen molar-refractivity contribution in [1.82, 2.24) is 15.3 Å². The highest BCUT2D eigenvalue weighted by molar-refractivity contribution is 5.95. The predicted octanol–water partition coefficient (Wildman–Crippen LogP) is 3.63. The van der Waals surface area contributed by atoms with Crippen LogP contribution in [-0.2, 0) is 0 Å². The van der Waals surface area contributed by atoms with Gasteiger partial charge in [-0.25, -0.2) is 4.98 Å². The molecule has 1 aliphatic rings. The second kappa shape index (κ2) is 5.88. The summed E-state index contributed by atoms with van der Waals surface area (Å²) in [5, 5.41) is 3.14. The fourth-order valence-electron chi connectivity index (χ4n) is 3.26. The van der Waals surface area contributed by atoms with E-state index in [1.54, 1.807) is 0 Å². The molecule has 0 atom stereocenters. The minimum atomic E-state index is -0.0739. The Bertz CT molecular complexity index is 651. The molecule has 1 aliphatic carbocycles. The van der Waals surface area contributed by atoms with Gasteiger partial charge in [0.2, 0.25) is 0 Å². The lowest BCUT2D eigenvalue weighted by Crippen LogP contribution is -2.35. The fraction of sp³-hybridized carbons (Fsp3) is 0.529. The monoisotopic (exact) mass is 285 g/mol. The van der Waals surface area contributed by atoms with E-state index in [4.69, 9.17) is 0 Å². The van der Waals surface area contributed by atoms with Crippen LogP contribution in [0.4, 0.5) is 0 Å². The first-order valence-corrected chi connectivity index (χ1v) is 7.91. The third-order valence-corrected chi connectivity index (χ3v) is 4.33. The number of nitrogens with zero attached hydrogens (tertiary/aromatic N) is 1. The molecule has 21 heavy (non-hydrogen) atoms. The molecule has 0 unspecified atom stereocenters. The van der Waals surface area contributed by atoms with E-state index < -0.39 is 0 Å². The zero-order valence-corrected chi connectivity index (χ0v) is 12.8. The molecule has 2 aromatic rings. The van der Waals surface area contributed by atoms with Crippen LogP contribution < -0.4 is 5.32 Å². The minimum absolute atomic E-state index is 0.0739. The second-order valence-corrected chi connectivity index (χ2v) is 6.23. The number of hydrogen-bond acceptors (Lipinski definition) is 2. The first kappa shape index (κ1) is 14.1.